The van der Waals surface area contributed by atoms with E-state index in [0.717, 1.165) is 0 Å². The van der Waals surface area contributed by atoms with Crippen LogP contribution in [-0.2, 0) is 0 Å². The maximum Gasteiger partial charge on any atom is -0.0353 e. The molecule has 0 unspecified atom stereocenters. The highest BCUT2D eigenvalue weighted by atomic mass is 13.8. The van der Waals surface area contributed by atoms with E-state index >= 15 is 0 Å². The molecule has 0 radical (unpaired) electrons. The Balaban J connectivity index is -0.0000000750. The van der Waals surface area contributed by atoms with Crippen molar-refractivity contribution in [3.05, 3.63) is 85.1 Å². The number of hydrogen-bond donors (Lipinski definition) is 0. The quantitative estimate of drug-likeness (QED) is 0.150. The predicted molar refractivity (Wildman–Crippen MR) is 178 cm³/mol. The van der Waals surface area contributed by atoms with E-state index < -0.39 is 0 Å². The summed E-state index contributed by atoms with van der Waals surface area (Å²) in [6.07, 6.45) is 41.8. The molecule has 0 N–H and O–H groups in total. The summed E-state index contributed by atoms with van der Waals surface area (Å²) >= 11 is 0. The van der Waals surface area contributed by atoms with Crippen LogP contribution in [0.3, 0.4) is 0 Å². The molecule has 0 aliphatic heterocycles. The summed E-state index contributed by atoms with van der Waals surface area (Å²) in [5.41, 5.74) is 0. The lowest BCUT2D eigenvalue weighted by atomic mass is 10.2. The summed E-state index contributed by atoms with van der Waals surface area (Å²) in [6.45, 7) is 25.2. The van der Waals surface area contributed by atoms with Crippen molar-refractivity contribution in [2.75, 3.05) is 0 Å². The Labute approximate surface area is 232 Å². The number of unbranched alkanes of at least 4 members (excludes halogenated alkanes) is 6. The van der Waals surface area contributed by atoms with Crippen LogP contribution in [0.5, 0.6) is 0 Å². The van der Waals surface area contributed by atoms with Crippen molar-refractivity contribution in [1.29, 1.82) is 0 Å². The van der Waals surface area contributed by atoms with Crippen molar-refractivity contribution in [1.82, 2.24) is 0 Å². The standard InChI is InChI=1S/C6H14.3C6H12.2C6H10/c6*1-3-5-6-4-2/h3-6H2,1-2H3;3*3,5H,4,6H2,1-2H3;2*3-6H,1-2H3. The summed E-state index contributed by atoms with van der Waals surface area (Å²) in [6, 6.07) is 0. The van der Waals surface area contributed by atoms with Crippen molar-refractivity contribution in [3.8, 4) is 0 Å². The number of rotatable bonds is 11. The Morgan fingerprint density at radius 1 is 0.306 bits per heavy atom. The second kappa shape index (κ2) is 69.8. The molecule has 214 valence electrons. The molecule has 36 heavy (non-hydrogen) atoms. The van der Waals surface area contributed by atoms with Crippen molar-refractivity contribution >= 4 is 0 Å². The molecule has 0 heterocycles. The van der Waals surface area contributed by atoms with Crippen LogP contribution in [0, 0.1) is 0 Å². The van der Waals surface area contributed by atoms with Crippen LogP contribution in [-0.4, -0.2) is 0 Å². The maximum atomic E-state index is 2.23. The predicted octanol–water partition coefficient (Wildman–Crippen LogP) is 14.0. The number of hydrogen-bond acceptors (Lipinski definition) is 0. The van der Waals surface area contributed by atoms with E-state index in [1.54, 1.807) is 0 Å². The van der Waals surface area contributed by atoms with Crippen LogP contribution in [0.15, 0.2) is 85.1 Å². The van der Waals surface area contributed by atoms with Gasteiger partial charge in [0.1, 0.15) is 0 Å². The van der Waals surface area contributed by atoms with Crippen LogP contribution in [0.1, 0.15) is 147 Å². The van der Waals surface area contributed by atoms with Gasteiger partial charge in [-0.3, -0.25) is 0 Å². The highest BCUT2D eigenvalue weighted by Gasteiger charge is 1.75. The van der Waals surface area contributed by atoms with Crippen molar-refractivity contribution in [2.24, 2.45) is 0 Å². The SMILES string of the molecule is CC=CC=CC.CC=CC=CC.CC=CCCC.CC=CCCC.CC=CCCC.CCCCCC. The third-order valence-corrected chi connectivity index (χ3v) is 4.02. The molecule has 0 saturated heterocycles. The maximum absolute atomic E-state index is 2.23. The van der Waals surface area contributed by atoms with Gasteiger partial charge in [0.25, 0.3) is 0 Å². The van der Waals surface area contributed by atoms with E-state index in [1.165, 1.54) is 64.2 Å². The second-order valence-corrected chi connectivity index (χ2v) is 7.88. The van der Waals surface area contributed by atoms with E-state index in [1.807, 2.05) is 76.3 Å². The molecule has 0 aliphatic rings. The zero-order chi connectivity index (χ0) is 29.0. The lowest BCUT2D eigenvalue weighted by Gasteiger charge is -1.86. The van der Waals surface area contributed by atoms with E-state index in [9.17, 15) is 0 Å². The molecular formula is C36H70. The van der Waals surface area contributed by atoms with Crippen LogP contribution >= 0.6 is 0 Å². The molecule has 0 fully saturated rings. The molecular weight excluding hydrogens is 432 g/mol. The van der Waals surface area contributed by atoms with Gasteiger partial charge in [-0.05, 0) is 67.7 Å². The molecule has 0 bridgehead atoms. The van der Waals surface area contributed by atoms with Gasteiger partial charge >= 0.3 is 0 Å². The molecule has 0 aliphatic carbocycles. The first kappa shape index (κ1) is 47.4. The van der Waals surface area contributed by atoms with E-state index in [2.05, 4.69) is 91.8 Å². The topological polar surface area (TPSA) is 0 Å². The first-order chi connectivity index (χ1) is 17.5. The summed E-state index contributed by atoms with van der Waals surface area (Å²) in [5.74, 6) is 0. The smallest absolute Gasteiger partial charge is 0.0353 e. The molecule has 0 nitrogen and oxygen atoms in total. The fourth-order valence-electron chi connectivity index (χ4n) is 1.94. The molecule has 0 atom stereocenters. The highest BCUT2D eigenvalue weighted by molar-refractivity contribution is 4.99. The van der Waals surface area contributed by atoms with Crippen LogP contribution in [0.2, 0.25) is 0 Å². The van der Waals surface area contributed by atoms with E-state index in [4.69, 9.17) is 0 Å². The lowest BCUT2D eigenvalue weighted by Crippen LogP contribution is -1.66. The van der Waals surface area contributed by atoms with Gasteiger partial charge in [0, 0.05) is 0 Å². The third-order valence-electron chi connectivity index (χ3n) is 4.02. The molecule has 0 aromatic rings. The minimum atomic E-state index is 1.23. The zero-order valence-electron chi connectivity index (χ0n) is 27.2. The molecule has 0 heteroatoms. The first-order valence-electron chi connectivity index (χ1n) is 14.8. The summed E-state index contributed by atoms with van der Waals surface area (Å²) in [5, 5.41) is 0. The molecule has 0 aromatic heterocycles. The summed E-state index contributed by atoms with van der Waals surface area (Å²) < 4.78 is 0. The zero-order valence-corrected chi connectivity index (χ0v) is 27.2. The van der Waals surface area contributed by atoms with Gasteiger partial charge in [0.2, 0.25) is 0 Å². The van der Waals surface area contributed by atoms with Gasteiger partial charge < -0.3 is 0 Å². The van der Waals surface area contributed by atoms with Crippen LogP contribution < -0.4 is 0 Å². The summed E-state index contributed by atoms with van der Waals surface area (Å²) in [4.78, 5) is 0. The lowest BCUT2D eigenvalue weighted by molar-refractivity contribution is 0.702. The minimum absolute atomic E-state index is 1.23. The van der Waals surface area contributed by atoms with Gasteiger partial charge in [-0.2, -0.15) is 0 Å². The average molecular weight is 503 g/mol. The van der Waals surface area contributed by atoms with Gasteiger partial charge in [-0.1, -0.05) is 165 Å². The second-order valence-electron chi connectivity index (χ2n) is 7.88. The van der Waals surface area contributed by atoms with Crippen LogP contribution in [0.4, 0.5) is 0 Å². The Hall–Kier alpha value is -1.82. The Kier molecular flexibility index (Phi) is 91.9. The van der Waals surface area contributed by atoms with Crippen molar-refractivity contribution < 1.29 is 0 Å². The minimum Gasteiger partial charge on any atom is -0.0917 e. The molecule has 0 rings (SSSR count). The average Bonchev–Trinajstić information content (AvgIpc) is 2.92. The van der Waals surface area contributed by atoms with E-state index in [-0.39, 0.29) is 0 Å². The third kappa shape index (κ3) is 120. The Morgan fingerprint density at radius 2 is 0.528 bits per heavy atom. The van der Waals surface area contributed by atoms with Gasteiger partial charge in [0.15, 0.2) is 0 Å². The Morgan fingerprint density at radius 3 is 0.611 bits per heavy atom. The Bertz CT molecular complexity index is 389. The monoisotopic (exact) mass is 503 g/mol. The highest BCUT2D eigenvalue weighted by Crippen LogP contribution is 1.95. The largest absolute Gasteiger partial charge is 0.0917 e. The molecule has 0 amide bonds. The fourth-order valence-corrected chi connectivity index (χ4v) is 1.94. The fraction of sp³-hybridized carbons (Fsp3) is 0.611. The van der Waals surface area contributed by atoms with Gasteiger partial charge in [0.05, 0.1) is 0 Å². The molecule has 0 saturated carbocycles. The first-order valence-corrected chi connectivity index (χ1v) is 14.8. The van der Waals surface area contributed by atoms with Gasteiger partial charge in [-0.25, -0.2) is 0 Å². The van der Waals surface area contributed by atoms with Crippen LogP contribution in [0.25, 0.3) is 0 Å². The normalized spacial score (nSPS) is 10.6. The number of allylic oxidation sites excluding steroid dienone is 14. The van der Waals surface area contributed by atoms with E-state index in [0.29, 0.717) is 0 Å². The molecule has 0 spiro atoms. The van der Waals surface area contributed by atoms with Crippen molar-refractivity contribution in [3.63, 3.8) is 0 Å². The van der Waals surface area contributed by atoms with Gasteiger partial charge in [-0.15, -0.1) is 0 Å². The van der Waals surface area contributed by atoms with Crippen molar-refractivity contribution in [2.45, 2.75) is 147 Å². The molecule has 0 aromatic carbocycles. The summed E-state index contributed by atoms with van der Waals surface area (Å²) in [7, 11) is 0.